The molecule has 2 rings (SSSR count). The molecule has 0 radical (unpaired) electrons. The van der Waals surface area contributed by atoms with Crippen molar-refractivity contribution in [1.29, 1.82) is 0 Å². The number of aromatic nitrogens is 1. The van der Waals surface area contributed by atoms with Gasteiger partial charge in [-0.15, -0.1) is 0 Å². The number of pyridine rings is 1. The lowest BCUT2D eigenvalue weighted by Crippen LogP contribution is -2.31. The van der Waals surface area contributed by atoms with Crippen molar-refractivity contribution in [1.82, 2.24) is 4.98 Å². The van der Waals surface area contributed by atoms with Gasteiger partial charge in [0.1, 0.15) is 0 Å². The molecule has 3 nitrogen and oxygen atoms in total. The number of nitrogens with zero attached hydrogens (tertiary/aromatic N) is 1. The highest BCUT2D eigenvalue weighted by atomic mass is 35.5. The number of halogens is 2. The Morgan fingerprint density at radius 2 is 2.40 bits per heavy atom. The Hall–Kier alpha value is -0.870. The van der Waals surface area contributed by atoms with Crippen molar-refractivity contribution < 1.29 is 4.39 Å². The van der Waals surface area contributed by atoms with Crippen molar-refractivity contribution in [2.45, 2.75) is 18.9 Å². The minimum Gasteiger partial charge on any atom is -0.366 e. The molecule has 1 aliphatic carbocycles. The summed E-state index contributed by atoms with van der Waals surface area (Å²) < 4.78 is 13.3. The van der Waals surface area contributed by atoms with Crippen LogP contribution in [0.5, 0.6) is 0 Å². The summed E-state index contributed by atoms with van der Waals surface area (Å²) in [5.74, 6) is 0.369. The van der Waals surface area contributed by atoms with E-state index in [-0.39, 0.29) is 11.9 Å². The highest BCUT2D eigenvalue weighted by Crippen LogP contribution is 2.31. The fourth-order valence-corrected chi connectivity index (χ4v) is 1.59. The van der Waals surface area contributed by atoms with E-state index in [9.17, 15) is 4.39 Å². The summed E-state index contributed by atoms with van der Waals surface area (Å²) in [5, 5.41) is 3.19. The second kappa shape index (κ2) is 4.33. The Bertz CT molecular complexity index is 355. The normalized spacial score (nSPS) is 17.5. The van der Waals surface area contributed by atoms with E-state index >= 15 is 0 Å². The second-order valence-electron chi connectivity index (χ2n) is 3.87. The first-order valence-corrected chi connectivity index (χ1v) is 5.35. The van der Waals surface area contributed by atoms with E-state index < -0.39 is 5.82 Å². The molecule has 82 valence electrons. The molecule has 0 aliphatic heterocycles. The van der Waals surface area contributed by atoms with Gasteiger partial charge in [0.2, 0.25) is 0 Å². The Morgan fingerprint density at radius 1 is 1.67 bits per heavy atom. The van der Waals surface area contributed by atoms with E-state index in [0.717, 1.165) is 0 Å². The Balaban J connectivity index is 1.92. The molecule has 1 atom stereocenters. The van der Waals surface area contributed by atoms with E-state index in [4.69, 9.17) is 17.3 Å². The minimum absolute atomic E-state index is 0.0851. The standard InChI is InChI=1S/C10H13ClFN3/c11-7-3-8(12)10(14-4-7)15-5-9(13)6-1-2-6/h3-4,6,9H,1-2,5,13H2,(H,14,15). The lowest BCUT2D eigenvalue weighted by Gasteiger charge is -2.12. The average molecular weight is 230 g/mol. The van der Waals surface area contributed by atoms with Gasteiger partial charge in [-0.25, -0.2) is 9.37 Å². The number of rotatable bonds is 4. The Labute approximate surface area is 92.8 Å². The first kappa shape index (κ1) is 10.6. The molecule has 1 aromatic heterocycles. The molecule has 1 aromatic rings. The van der Waals surface area contributed by atoms with Crippen LogP contribution in [0.4, 0.5) is 10.2 Å². The molecule has 1 heterocycles. The van der Waals surface area contributed by atoms with Gasteiger partial charge < -0.3 is 11.1 Å². The van der Waals surface area contributed by atoms with E-state index in [1.54, 1.807) is 0 Å². The zero-order valence-electron chi connectivity index (χ0n) is 8.21. The predicted molar refractivity (Wildman–Crippen MR) is 58.4 cm³/mol. The quantitative estimate of drug-likeness (QED) is 0.831. The molecule has 1 unspecified atom stereocenters. The van der Waals surface area contributed by atoms with Crippen molar-refractivity contribution in [3.63, 3.8) is 0 Å². The Kier molecular flexibility index (Phi) is 3.07. The number of nitrogens with one attached hydrogen (secondary N) is 1. The number of hydrogen-bond donors (Lipinski definition) is 2. The summed E-state index contributed by atoms with van der Waals surface area (Å²) >= 11 is 5.59. The number of hydrogen-bond acceptors (Lipinski definition) is 3. The van der Waals surface area contributed by atoms with Crippen LogP contribution in [0.15, 0.2) is 12.3 Å². The van der Waals surface area contributed by atoms with Crippen LogP contribution < -0.4 is 11.1 Å². The molecule has 0 aromatic carbocycles. The van der Waals surface area contributed by atoms with E-state index in [1.807, 2.05) is 0 Å². The molecule has 3 N–H and O–H groups in total. The van der Waals surface area contributed by atoms with Crippen molar-refractivity contribution in [3.8, 4) is 0 Å². The van der Waals surface area contributed by atoms with Crippen LogP contribution in [0.25, 0.3) is 0 Å². The first-order valence-electron chi connectivity index (χ1n) is 4.97. The van der Waals surface area contributed by atoms with Crippen molar-refractivity contribution in [2.24, 2.45) is 11.7 Å². The smallest absolute Gasteiger partial charge is 0.166 e. The van der Waals surface area contributed by atoms with Gasteiger partial charge >= 0.3 is 0 Å². The van der Waals surface area contributed by atoms with Crippen LogP contribution in [-0.4, -0.2) is 17.6 Å². The highest BCUT2D eigenvalue weighted by Gasteiger charge is 2.28. The minimum atomic E-state index is -0.439. The van der Waals surface area contributed by atoms with Crippen molar-refractivity contribution in [3.05, 3.63) is 23.1 Å². The van der Waals surface area contributed by atoms with Gasteiger partial charge in [0, 0.05) is 18.8 Å². The average Bonchev–Trinajstić information content (AvgIpc) is 2.99. The van der Waals surface area contributed by atoms with Gasteiger partial charge in [-0.05, 0) is 24.8 Å². The van der Waals surface area contributed by atoms with Crippen molar-refractivity contribution >= 4 is 17.4 Å². The zero-order chi connectivity index (χ0) is 10.8. The van der Waals surface area contributed by atoms with Crippen LogP contribution in [-0.2, 0) is 0 Å². The third kappa shape index (κ3) is 2.79. The van der Waals surface area contributed by atoms with Gasteiger partial charge in [0.25, 0.3) is 0 Å². The summed E-state index contributed by atoms with van der Waals surface area (Å²) in [6.07, 6.45) is 3.77. The zero-order valence-corrected chi connectivity index (χ0v) is 8.97. The number of nitrogens with two attached hydrogens (primary N) is 1. The summed E-state index contributed by atoms with van der Waals surface area (Å²) in [6, 6.07) is 1.32. The van der Waals surface area contributed by atoms with Gasteiger partial charge in [0.15, 0.2) is 11.6 Å². The van der Waals surface area contributed by atoms with Crippen molar-refractivity contribution in [2.75, 3.05) is 11.9 Å². The maximum absolute atomic E-state index is 13.3. The monoisotopic (exact) mass is 229 g/mol. The third-order valence-corrected chi connectivity index (χ3v) is 2.75. The molecule has 0 amide bonds. The maximum atomic E-state index is 13.3. The van der Waals surface area contributed by atoms with E-state index in [1.165, 1.54) is 25.1 Å². The second-order valence-corrected chi connectivity index (χ2v) is 4.30. The van der Waals surface area contributed by atoms with E-state index in [0.29, 0.717) is 17.5 Å². The summed E-state index contributed by atoms with van der Waals surface area (Å²) in [6.45, 7) is 0.552. The molecule has 5 heteroatoms. The lowest BCUT2D eigenvalue weighted by molar-refractivity contribution is 0.602. The van der Waals surface area contributed by atoms with Crippen LogP contribution in [0.3, 0.4) is 0 Å². The molecule has 0 saturated heterocycles. The topological polar surface area (TPSA) is 50.9 Å². The predicted octanol–water partition coefficient (Wildman–Crippen LogP) is 2.02. The summed E-state index contributed by atoms with van der Waals surface area (Å²) in [5.41, 5.74) is 5.87. The van der Waals surface area contributed by atoms with Crippen LogP contribution in [0, 0.1) is 11.7 Å². The molecular weight excluding hydrogens is 217 g/mol. The fraction of sp³-hybridized carbons (Fsp3) is 0.500. The first-order chi connectivity index (χ1) is 7.16. The molecular formula is C10H13ClFN3. The van der Waals surface area contributed by atoms with Gasteiger partial charge in [-0.2, -0.15) is 0 Å². The maximum Gasteiger partial charge on any atom is 0.166 e. The molecule has 0 spiro atoms. The van der Waals surface area contributed by atoms with Crippen LogP contribution >= 0.6 is 11.6 Å². The SMILES string of the molecule is NC(CNc1ncc(Cl)cc1F)C1CC1. The van der Waals surface area contributed by atoms with E-state index in [2.05, 4.69) is 10.3 Å². The molecule has 1 fully saturated rings. The molecule has 15 heavy (non-hydrogen) atoms. The van der Waals surface area contributed by atoms with Gasteiger partial charge in [-0.1, -0.05) is 11.6 Å². The summed E-state index contributed by atoms with van der Waals surface area (Å²) in [7, 11) is 0. The van der Waals surface area contributed by atoms with Crippen LogP contribution in [0.1, 0.15) is 12.8 Å². The van der Waals surface area contributed by atoms with Gasteiger partial charge in [0.05, 0.1) is 5.02 Å². The summed E-state index contributed by atoms with van der Waals surface area (Å²) in [4.78, 5) is 3.86. The highest BCUT2D eigenvalue weighted by molar-refractivity contribution is 6.30. The van der Waals surface area contributed by atoms with Crippen LogP contribution in [0.2, 0.25) is 5.02 Å². The lowest BCUT2D eigenvalue weighted by atomic mass is 10.2. The molecule has 0 bridgehead atoms. The van der Waals surface area contributed by atoms with Gasteiger partial charge in [-0.3, -0.25) is 0 Å². The third-order valence-electron chi connectivity index (χ3n) is 2.54. The fourth-order valence-electron chi connectivity index (χ4n) is 1.45. The molecule has 1 saturated carbocycles. The largest absolute Gasteiger partial charge is 0.366 e. The Morgan fingerprint density at radius 3 is 3.00 bits per heavy atom. The number of anilines is 1. The molecule has 1 aliphatic rings.